The highest BCUT2D eigenvalue weighted by atomic mass is 19.1. The van der Waals surface area contributed by atoms with Gasteiger partial charge in [0.2, 0.25) is 0 Å². The Balaban J connectivity index is 1.51. The summed E-state index contributed by atoms with van der Waals surface area (Å²) in [6.45, 7) is 0. The van der Waals surface area contributed by atoms with Crippen molar-refractivity contribution in [3.8, 4) is 0 Å². The summed E-state index contributed by atoms with van der Waals surface area (Å²) in [5.74, 6) is -0.799. The third-order valence-corrected chi connectivity index (χ3v) is 6.37. The van der Waals surface area contributed by atoms with Crippen molar-refractivity contribution < 1.29 is 13.6 Å². The van der Waals surface area contributed by atoms with Crippen LogP contribution in [0.25, 0.3) is 12.2 Å². The zero-order valence-corrected chi connectivity index (χ0v) is 18.6. The number of benzene rings is 3. The highest BCUT2D eigenvalue weighted by Crippen LogP contribution is 2.44. The third kappa shape index (κ3) is 4.60. The number of carbonyl (C=O) groups excluding carboxylic acids is 1. The Morgan fingerprint density at radius 3 is 2.26 bits per heavy atom. The van der Waals surface area contributed by atoms with Crippen LogP contribution < -0.4 is 0 Å². The number of fused-ring (bicyclic) bond motifs is 1. The van der Waals surface area contributed by atoms with E-state index in [4.69, 9.17) is 5.10 Å². The molecule has 1 heterocycles. The molecule has 5 rings (SSSR count). The summed E-state index contributed by atoms with van der Waals surface area (Å²) in [5, 5.41) is 6.35. The van der Waals surface area contributed by atoms with Gasteiger partial charge in [-0.25, -0.2) is 13.8 Å². The summed E-state index contributed by atoms with van der Waals surface area (Å²) >= 11 is 0. The van der Waals surface area contributed by atoms with Crippen molar-refractivity contribution >= 4 is 23.8 Å². The second-order valence-corrected chi connectivity index (χ2v) is 8.63. The van der Waals surface area contributed by atoms with Gasteiger partial charge in [0.15, 0.2) is 0 Å². The van der Waals surface area contributed by atoms with Gasteiger partial charge in [0, 0.05) is 12.0 Å². The largest absolute Gasteiger partial charge is 0.268 e. The fourth-order valence-electron chi connectivity index (χ4n) is 4.74. The van der Waals surface area contributed by atoms with Gasteiger partial charge in [-0.3, -0.25) is 4.79 Å². The van der Waals surface area contributed by atoms with E-state index < -0.39 is 0 Å². The first-order valence-electron chi connectivity index (χ1n) is 11.5. The van der Waals surface area contributed by atoms with Crippen LogP contribution in [0.5, 0.6) is 0 Å². The van der Waals surface area contributed by atoms with Crippen LogP contribution in [-0.2, 0) is 4.79 Å². The maximum atomic E-state index is 13.6. The number of carbonyl (C=O) groups is 1. The third-order valence-electron chi connectivity index (χ3n) is 6.37. The quantitative estimate of drug-likeness (QED) is 0.399. The van der Waals surface area contributed by atoms with Gasteiger partial charge in [-0.2, -0.15) is 5.10 Å². The Bertz CT molecular complexity index is 1260. The van der Waals surface area contributed by atoms with Crippen LogP contribution >= 0.6 is 0 Å². The lowest BCUT2D eigenvalue weighted by Gasteiger charge is -2.29. The molecule has 1 aliphatic heterocycles. The monoisotopic (exact) mass is 454 g/mol. The topological polar surface area (TPSA) is 32.7 Å². The summed E-state index contributed by atoms with van der Waals surface area (Å²) in [7, 11) is 0. The summed E-state index contributed by atoms with van der Waals surface area (Å²) in [4.78, 5) is 13.3. The van der Waals surface area contributed by atoms with Crippen molar-refractivity contribution in [1.29, 1.82) is 0 Å². The number of rotatable bonds is 4. The highest BCUT2D eigenvalue weighted by molar-refractivity contribution is 6.08. The number of allylic oxidation sites excluding steroid dienone is 1. The molecule has 0 spiro atoms. The molecule has 34 heavy (non-hydrogen) atoms. The predicted molar refractivity (Wildman–Crippen MR) is 131 cm³/mol. The number of amides is 1. The first-order chi connectivity index (χ1) is 16.6. The van der Waals surface area contributed by atoms with E-state index in [0.717, 1.165) is 47.2 Å². The molecule has 0 N–H and O–H groups in total. The average molecular weight is 455 g/mol. The molecular weight excluding hydrogens is 430 g/mol. The van der Waals surface area contributed by atoms with Crippen LogP contribution in [0.3, 0.4) is 0 Å². The minimum atomic E-state index is -0.315. The summed E-state index contributed by atoms with van der Waals surface area (Å²) in [6.07, 6.45) is 8.02. The lowest BCUT2D eigenvalue weighted by Crippen LogP contribution is -2.31. The Morgan fingerprint density at radius 2 is 1.56 bits per heavy atom. The zero-order valence-electron chi connectivity index (χ0n) is 18.6. The minimum absolute atomic E-state index is 0.0139. The smallest absolute Gasteiger partial charge is 0.267 e. The van der Waals surface area contributed by atoms with Crippen molar-refractivity contribution in [3.05, 3.63) is 119 Å². The van der Waals surface area contributed by atoms with Crippen LogP contribution in [0.2, 0.25) is 0 Å². The summed E-state index contributed by atoms with van der Waals surface area (Å²) in [6, 6.07) is 22.0. The van der Waals surface area contributed by atoms with Crippen LogP contribution in [-0.4, -0.2) is 16.6 Å². The summed E-state index contributed by atoms with van der Waals surface area (Å²) < 4.78 is 27.0. The highest BCUT2D eigenvalue weighted by Gasteiger charge is 2.43. The Kier molecular flexibility index (Phi) is 6.17. The van der Waals surface area contributed by atoms with Crippen molar-refractivity contribution in [3.63, 3.8) is 0 Å². The lowest BCUT2D eigenvalue weighted by atomic mass is 9.77. The van der Waals surface area contributed by atoms with Crippen LogP contribution in [0.1, 0.15) is 42.0 Å². The van der Waals surface area contributed by atoms with Gasteiger partial charge in [0.1, 0.15) is 11.6 Å². The molecule has 5 heteroatoms. The van der Waals surface area contributed by atoms with Crippen molar-refractivity contribution in [1.82, 2.24) is 5.01 Å². The molecule has 3 aromatic rings. The molecule has 1 amide bonds. The SMILES string of the molecule is O=C(/C=C/c1ccccc1)N1N=C2/C(=C/c3ccc(F)cc3)CCC[C@H]2[C@H]1c1ccc(F)cc1. The lowest BCUT2D eigenvalue weighted by molar-refractivity contribution is -0.128. The molecule has 0 unspecified atom stereocenters. The number of halogens is 2. The molecule has 1 aliphatic carbocycles. The number of nitrogens with zero attached hydrogens (tertiary/aromatic N) is 2. The molecule has 0 saturated heterocycles. The van der Waals surface area contributed by atoms with Crippen LogP contribution in [0.4, 0.5) is 8.78 Å². The molecule has 3 aromatic carbocycles. The van der Waals surface area contributed by atoms with Crippen molar-refractivity contribution in [2.45, 2.75) is 25.3 Å². The summed E-state index contributed by atoms with van der Waals surface area (Å²) in [5.41, 5.74) is 4.61. The molecule has 0 aromatic heterocycles. The van der Waals surface area contributed by atoms with E-state index in [1.54, 1.807) is 30.3 Å². The number of hydrazone groups is 1. The molecule has 1 saturated carbocycles. The molecule has 3 nitrogen and oxygen atoms in total. The molecular formula is C29H24F2N2O. The van der Waals surface area contributed by atoms with E-state index in [2.05, 4.69) is 0 Å². The molecule has 1 fully saturated rings. The maximum Gasteiger partial charge on any atom is 0.267 e. The fraction of sp³-hybridized carbons (Fsp3) is 0.172. The Morgan fingerprint density at radius 1 is 0.882 bits per heavy atom. The van der Waals surface area contributed by atoms with Gasteiger partial charge < -0.3 is 0 Å². The van der Waals surface area contributed by atoms with E-state index in [0.29, 0.717) is 0 Å². The predicted octanol–water partition coefficient (Wildman–Crippen LogP) is 6.80. The Hall–Kier alpha value is -3.86. The second-order valence-electron chi connectivity index (χ2n) is 8.63. The van der Waals surface area contributed by atoms with Crippen molar-refractivity contribution in [2.75, 3.05) is 0 Å². The minimum Gasteiger partial charge on any atom is -0.268 e. The van der Waals surface area contributed by atoms with E-state index in [1.807, 2.05) is 36.4 Å². The molecule has 0 radical (unpaired) electrons. The molecule has 2 aliphatic rings. The van der Waals surface area contributed by atoms with Crippen LogP contribution in [0, 0.1) is 17.6 Å². The molecule has 2 atom stereocenters. The first-order valence-corrected chi connectivity index (χ1v) is 11.5. The van der Waals surface area contributed by atoms with E-state index >= 15 is 0 Å². The van der Waals surface area contributed by atoms with Gasteiger partial charge in [0.05, 0.1) is 11.8 Å². The second kappa shape index (κ2) is 9.56. The fourth-order valence-corrected chi connectivity index (χ4v) is 4.74. The van der Waals surface area contributed by atoms with Gasteiger partial charge >= 0.3 is 0 Å². The molecule has 170 valence electrons. The average Bonchev–Trinajstić information content (AvgIpc) is 3.26. The first kappa shape index (κ1) is 22.0. The normalized spacial score (nSPS) is 21.1. The van der Waals surface area contributed by atoms with Crippen LogP contribution in [0.15, 0.2) is 95.6 Å². The standard InChI is InChI=1S/C29H24F2N2O/c30-24-14-9-21(10-15-24)19-23-7-4-8-26-28(23)32-33(29(26)22-12-16-25(31)17-13-22)27(34)18-11-20-5-2-1-3-6-20/h1-3,5-6,9-19,26,29H,4,7-8H2/b18-11+,23-19+/t26-,29-/m1/s1. The van der Waals surface area contributed by atoms with E-state index in [1.165, 1.54) is 35.4 Å². The van der Waals surface area contributed by atoms with E-state index in [9.17, 15) is 13.6 Å². The number of hydrogen-bond acceptors (Lipinski definition) is 2. The van der Waals surface area contributed by atoms with Gasteiger partial charge in [-0.1, -0.05) is 54.6 Å². The van der Waals surface area contributed by atoms with Gasteiger partial charge in [-0.05, 0) is 77.9 Å². The zero-order chi connectivity index (χ0) is 23.5. The van der Waals surface area contributed by atoms with E-state index in [-0.39, 0.29) is 29.5 Å². The molecule has 0 bridgehead atoms. The van der Waals surface area contributed by atoms with Crippen molar-refractivity contribution in [2.24, 2.45) is 11.0 Å². The van der Waals surface area contributed by atoms with Gasteiger partial charge in [0.25, 0.3) is 5.91 Å². The Labute approximate surface area is 197 Å². The number of hydrogen-bond donors (Lipinski definition) is 0. The van der Waals surface area contributed by atoms with Gasteiger partial charge in [-0.15, -0.1) is 0 Å². The maximum absolute atomic E-state index is 13.6.